The Balaban J connectivity index is 2.03. The Morgan fingerprint density at radius 1 is 1.19 bits per heavy atom. The van der Waals surface area contributed by atoms with Gasteiger partial charge < -0.3 is 16.0 Å². The molecule has 1 heterocycles. The summed E-state index contributed by atoms with van der Waals surface area (Å²) in [4.78, 5) is 11.1. The normalized spacial score (nSPS) is 16.3. The minimum atomic E-state index is 0.468. The Hall–Kier alpha value is -3.05. The quantitative estimate of drug-likeness (QED) is 0.608. The first-order valence-electron chi connectivity index (χ1n) is 8.57. The van der Waals surface area contributed by atoms with Gasteiger partial charge in [0.15, 0.2) is 0 Å². The maximum Gasteiger partial charge on any atom is 0.208 e. The van der Waals surface area contributed by atoms with E-state index in [-0.39, 0.29) is 0 Å². The van der Waals surface area contributed by atoms with Gasteiger partial charge in [-0.1, -0.05) is 54.6 Å². The molecule has 0 aliphatic carbocycles. The standard InChI is InChI=1S/C21H22ClN5/c1-14-18(22)10-7-11-19(14)26-21-24-15(2)20(25-16(3)23)13-27(21)12-17-8-5-4-6-9-17/h4-11,13H,2,12H2,1,3H3,(H2,23,25)(H,24,26). The van der Waals surface area contributed by atoms with Crippen molar-refractivity contribution in [2.75, 3.05) is 0 Å². The molecule has 0 unspecified atom stereocenters. The summed E-state index contributed by atoms with van der Waals surface area (Å²) < 4.78 is 0. The van der Waals surface area contributed by atoms with Crippen LogP contribution in [0.4, 0.5) is 5.69 Å². The summed E-state index contributed by atoms with van der Waals surface area (Å²) in [5.41, 5.74) is 9.93. The number of nitrogens with one attached hydrogen (secondary N) is 1. The second-order valence-corrected chi connectivity index (χ2v) is 6.71. The van der Waals surface area contributed by atoms with Crippen molar-refractivity contribution in [3.63, 3.8) is 0 Å². The number of amidine groups is 1. The molecule has 0 saturated carbocycles. The maximum absolute atomic E-state index is 6.24. The van der Waals surface area contributed by atoms with Crippen LogP contribution >= 0.6 is 11.6 Å². The molecule has 0 spiro atoms. The molecular formula is C21H22ClN5. The summed E-state index contributed by atoms with van der Waals surface area (Å²) in [7, 11) is 0. The first-order chi connectivity index (χ1) is 12.9. The maximum atomic E-state index is 6.24. The number of halogens is 1. The predicted molar refractivity (Wildman–Crippen MR) is 113 cm³/mol. The zero-order valence-electron chi connectivity index (χ0n) is 15.4. The van der Waals surface area contributed by atoms with Crippen LogP contribution in [0.25, 0.3) is 0 Å². The van der Waals surface area contributed by atoms with Gasteiger partial charge in [-0.15, -0.1) is 0 Å². The minimum Gasteiger partial charge on any atom is -0.387 e. The molecule has 0 bridgehead atoms. The summed E-state index contributed by atoms with van der Waals surface area (Å²) in [6.45, 7) is 8.37. The average Bonchev–Trinajstić information content (AvgIpc) is 2.63. The molecular weight excluding hydrogens is 358 g/mol. The molecule has 6 heteroatoms. The number of hydrogen-bond acceptors (Lipinski definition) is 2. The lowest BCUT2D eigenvalue weighted by Crippen LogP contribution is -2.41. The summed E-state index contributed by atoms with van der Waals surface area (Å²) in [6.07, 6.45) is 1.90. The van der Waals surface area contributed by atoms with E-state index in [1.54, 1.807) is 6.92 Å². The number of aliphatic imine (C=N–C) groups is 2. The van der Waals surface area contributed by atoms with Crippen LogP contribution < -0.4 is 11.1 Å². The minimum absolute atomic E-state index is 0.468. The summed E-state index contributed by atoms with van der Waals surface area (Å²) in [5, 5.41) is 3.93. The van der Waals surface area contributed by atoms with Crippen molar-refractivity contribution in [2.45, 2.75) is 20.4 Å². The Morgan fingerprint density at radius 3 is 2.63 bits per heavy atom. The van der Waals surface area contributed by atoms with Crippen molar-refractivity contribution in [1.29, 1.82) is 0 Å². The smallest absolute Gasteiger partial charge is 0.208 e. The highest BCUT2D eigenvalue weighted by Gasteiger charge is 2.20. The highest BCUT2D eigenvalue weighted by Crippen LogP contribution is 2.27. The average molecular weight is 380 g/mol. The van der Waals surface area contributed by atoms with Crippen LogP contribution in [0, 0.1) is 6.92 Å². The fourth-order valence-electron chi connectivity index (χ4n) is 2.67. The zero-order chi connectivity index (χ0) is 19.4. The third-order valence-electron chi connectivity index (χ3n) is 4.08. The highest BCUT2D eigenvalue weighted by molar-refractivity contribution is 6.31. The van der Waals surface area contributed by atoms with E-state index in [9.17, 15) is 0 Å². The summed E-state index contributed by atoms with van der Waals surface area (Å²) in [5.74, 6) is 1.12. The third-order valence-corrected chi connectivity index (χ3v) is 4.49. The van der Waals surface area contributed by atoms with Crippen LogP contribution in [0.1, 0.15) is 18.1 Å². The Bertz CT molecular complexity index is 940. The van der Waals surface area contributed by atoms with Crippen molar-refractivity contribution in [1.82, 2.24) is 10.2 Å². The molecule has 138 valence electrons. The van der Waals surface area contributed by atoms with Crippen LogP contribution in [0.5, 0.6) is 0 Å². The van der Waals surface area contributed by atoms with Gasteiger partial charge in [0.2, 0.25) is 5.96 Å². The van der Waals surface area contributed by atoms with Crippen molar-refractivity contribution >= 4 is 29.1 Å². The Morgan fingerprint density at radius 2 is 1.93 bits per heavy atom. The van der Waals surface area contributed by atoms with Gasteiger partial charge in [0.25, 0.3) is 0 Å². The number of rotatable bonds is 4. The van der Waals surface area contributed by atoms with Crippen LogP contribution in [-0.2, 0) is 6.54 Å². The number of guanidine groups is 1. The van der Waals surface area contributed by atoms with Crippen LogP contribution in [0.3, 0.4) is 0 Å². The molecule has 0 atom stereocenters. The lowest BCUT2D eigenvalue weighted by molar-refractivity contribution is 0.518. The Kier molecular flexibility index (Phi) is 5.62. The van der Waals surface area contributed by atoms with Crippen molar-refractivity contribution in [2.24, 2.45) is 15.7 Å². The largest absolute Gasteiger partial charge is 0.387 e. The number of nitrogens with two attached hydrogens (primary N) is 1. The molecule has 0 fully saturated rings. The van der Waals surface area contributed by atoms with Gasteiger partial charge in [-0.25, -0.2) is 9.98 Å². The van der Waals surface area contributed by atoms with E-state index in [2.05, 4.69) is 29.0 Å². The molecule has 1 aliphatic heterocycles. The van der Waals surface area contributed by atoms with Crippen LogP contribution in [0.2, 0.25) is 5.02 Å². The first kappa shape index (κ1) is 18.7. The fraction of sp³-hybridized carbons (Fsp3) is 0.143. The zero-order valence-corrected chi connectivity index (χ0v) is 16.2. The highest BCUT2D eigenvalue weighted by atomic mass is 35.5. The molecule has 2 aromatic rings. The number of nitrogens with zero attached hydrogens (tertiary/aromatic N) is 3. The van der Waals surface area contributed by atoms with E-state index in [1.807, 2.05) is 54.4 Å². The summed E-state index contributed by atoms with van der Waals surface area (Å²) >= 11 is 6.24. The number of benzene rings is 2. The van der Waals surface area contributed by atoms with Crippen molar-refractivity contribution in [3.8, 4) is 0 Å². The van der Waals surface area contributed by atoms with Crippen molar-refractivity contribution < 1.29 is 0 Å². The van der Waals surface area contributed by atoms with Gasteiger partial charge in [-0.2, -0.15) is 0 Å². The monoisotopic (exact) mass is 379 g/mol. The third kappa shape index (κ3) is 4.57. The molecule has 0 aromatic heterocycles. The molecule has 3 N–H and O–H groups in total. The van der Waals surface area contributed by atoms with E-state index >= 15 is 0 Å². The molecule has 0 radical (unpaired) electrons. The van der Waals surface area contributed by atoms with Crippen molar-refractivity contribution in [3.05, 3.63) is 88.9 Å². The molecule has 0 saturated heterocycles. The van der Waals surface area contributed by atoms with Gasteiger partial charge in [-0.05, 0) is 37.1 Å². The molecule has 2 aromatic carbocycles. The molecule has 3 rings (SSSR count). The van der Waals surface area contributed by atoms with E-state index in [0.29, 0.717) is 34.8 Å². The second-order valence-electron chi connectivity index (χ2n) is 6.30. The van der Waals surface area contributed by atoms with Gasteiger partial charge in [0.1, 0.15) is 5.70 Å². The topological polar surface area (TPSA) is 66.0 Å². The molecule has 27 heavy (non-hydrogen) atoms. The van der Waals surface area contributed by atoms with Gasteiger partial charge in [0.05, 0.1) is 23.8 Å². The van der Waals surface area contributed by atoms with Crippen LogP contribution in [0.15, 0.2) is 82.7 Å². The SMILES string of the molecule is C=C1NC(=Nc2cccc(Cl)c2C)N(Cc2ccccc2)C=C1N=C(C)N. The fourth-order valence-corrected chi connectivity index (χ4v) is 2.84. The Labute approximate surface area is 164 Å². The second kappa shape index (κ2) is 8.10. The number of hydrogen-bond donors (Lipinski definition) is 2. The predicted octanol–water partition coefficient (Wildman–Crippen LogP) is 4.47. The van der Waals surface area contributed by atoms with E-state index in [4.69, 9.17) is 22.3 Å². The molecule has 1 aliphatic rings. The van der Waals surface area contributed by atoms with E-state index in [1.165, 1.54) is 0 Å². The van der Waals surface area contributed by atoms with E-state index in [0.717, 1.165) is 16.8 Å². The van der Waals surface area contributed by atoms with Gasteiger partial charge in [0, 0.05) is 11.2 Å². The molecule has 0 amide bonds. The lowest BCUT2D eigenvalue weighted by Gasteiger charge is -2.29. The first-order valence-corrected chi connectivity index (χ1v) is 8.95. The summed E-state index contributed by atoms with van der Waals surface area (Å²) in [6, 6.07) is 15.8. The van der Waals surface area contributed by atoms with E-state index < -0.39 is 0 Å². The van der Waals surface area contributed by atoms with Gasteiger partial charge in [-0.3, -0.25) is 0 Å². The lowest BCUT2D eigenvalue weighted by atomic mass is 10.2. The molecule has 5 nitrogen and oxygen atoms in total. The van der Waals surface area contributed by atoms with Gasteiger partial charge >= 0.3 is 0 Å². The van der Waals surface area contributed by atoms with Crippen LogP contribution in [-0.4, -0.2) is 16.7 Å².